The van der Waals surface area contributed by atoms with Crippen LogP contribution in [0.3, 0.4) is 0 Å². The summed E-state index contributed by atoms with van der Waals surface area (Å²) in [6.07, 6.45) is 3.72. The van der Waals surface area contributed by atoms with Gasteiger partial charge in [0.05, 0.1) is 12.3 Å². The van der Waals surface area contributed by atoms with Gasteiger partial charge >= 0.3 is 5.97 Å². The predicted molar refractivity (Wildman–Crippen MR) is 78.4 cm³/mol. The number of piperidine rings is 1. The molecule has 5 heteroatoms. The van der Waals surface area contributed by atoms with Crippen molar-refractivity contribution in [2.75, 3.05) is 11.4 Å². The largest absolute Gasteiger partial charge is 0.477 e. The molecule has 2 atom stereocenters. The van der Waals surface area contributed by atoms with Crippen molar-refractivity contribution in [2.45, 2.75) is 25.8 Å². The van der Waals surface area contributed by atoms with E-state index in [0.29, 0.717) is 11.7 Å². The van der Waals surface area contributed by atoms with E-state index in [2.05, 4.69) is 16.8 Å². The Hall–Kier alpha value is -2.30. The summed E-state index contributed by atoms with van der Waals surface area (Å²) in [6.45, 7) is 3.08. The zero-order valence-electron chi connectivity index (χ0n) is 11.9. The van der Waals surface area contributed by atoms with Gasteiger partial charge in [-0.2, -0.15) is 0 Å². The smallest absolute Gasteiger partial charge is 0.354 e. The molecule has 0 amide bonds. The van der Waals surface area contributed by atoms with E-state index in [0.717, 1.165) is 25.1 Å². The summed E-state index contributed by atoms with van der Waals surface area (Å²) < 4.78 is 5.56. The molecule has 0 aromatic carbocycles. The first-order valence-corrected chi connectivity index (χ1v) is 7.15. The van der Waals surface area contributed by atoms with Crippen LogP contribution < -0.4 is 4.90 Å². The molecule has 1 saturated heterocycles. The fourth-order valence-electron chi connectivity index (χ4n) is 2.87. The molecule has 0 radical (unpaired) electrons. The quantitative estimate of drug-likeness (QED) is 0.937. The lowest BCUT2D eigenvalue weighted by Gasteiger charge is -2.38. The number of hydrogen-bond acceptors (Lipinski definition) is 4. The standard InChI is InChI=1S/C16H18N2O3/c1-11-7-8-18(13(10-11)14-5-3-9-21-14)15-6-2-4-12(17-15)16(19)20/h2-6,9,11,13H,7-8,10H2,1H3,(H,19,20). The first-order chi connectivity index (χ1) is 10.1. The van der Waals surface area contributed by atoms with Gasteiger partial charge in [-0.05, 0) is 43.0 Å². The van der Waals surface area contributed by atoms with E-state index >= 15 is 0 Å². The molecule has 2 aromatic heterocycles. The van der Waals surface area contributed by atoms with Crippen LogP contribution in [0, 0.1) is 5.92 Å². The Bertz CT molecular complexity index is 624. The average Bonchev–Trinajstić information content (AvgIpc) is 3.01. The van der Waals surface area contributed by atoms with E-state index in [1.807, 2.05) is 18.2 Å². The van der Waals surface area contributed by atoms with Crippen molar-refractivity contribution in [1.29, 1.82) is 0 Å². The molecule has 1 N–H and O–H groups in total. The number of rotatable bonds is 3. The minimum atomic E-state index is -1.00. The van der Waals surface area contributed by atoms with Crippen LogP contribution in [0.2, 0.25) is 0 Å². The maximum Gasteiger partial charge on any atom is 0.354 e. The van der Waals surface area contributed by atoms with Crippen molar-refractivity contribution in [1.82, 2.24) is 4.98 Å². The van der Waals surface area contributed by atoms with Gasteiger partial charge < -0.3 is 14.4 Å². The fraction of sp³-hybridized carbons (Fsp3) is 0.375. The van der Waals surface area contributed by atoms with Gasteiger partial charge in [0.25, 0.3) is 0 Å². The van der Waals surface area contributed by atoms with Gasteiger partial charge in [-0.15, -0.1) is 0 Å². The number of pyridine rings is 1. The molecule has 2 aromatic rings. The molecule has 3 heterocycles. The molecule has 1 fully saturated rings. The predicted octanol–water partition coefficient (Wildman–Crippen LogP) is 3.35. The van der Waals surface area contributed by atoms with Gasteiger partial charge in [-0.3, -0.25) is 0 Å². The number of carboxylic acids is 1. The highest BCUT2D eigenvalue weighted by molar-refractivity contribution is 5.85. The van der Waals surface area contributed by atoms with Gasteiger partial charge in [0.2, 0.25) is 0 Å². The van der Waals surface area contributed by atoms with Crippen LogP contribution in [0.1, 0.15) is 42.1 Å². The van der Waals surface area contributed by atoms with Crippen LogP contribution in [0.15, 0.2) is 41.0 Å². The van der Waals surface area contributed by atoms with Crippen molar-refractivity contribution < 1.29 is 14.3 Å². The minimum Gasteiger partial charge on any atom is -0.477 e. The third-order valence-corrected chi connectivity index (χ3v) is 3.98. The lowest BCUT2D eigenvalue weighted by Crippen LogP contribution is -2.36. The summed E-state index contributed by atoms with van der Waals surface area (Å²) in [5, 5.41) is 9.10. The third-order valence-electron chi connectivity index (χ3n) is 3.98. The van der Waals surface area contributed by atoms with Gasteiger partial charge in [0.1, 0.15) is 11.6 Å². The van der Waals surface area contributed by atoms with E-state index in [-0.39, 0.29) is 11.7 Å². The average molecular weight is 286 g/mol. The second-order valence-electron chi connectivity index (χ2n) is 5.54. The van der Waals surface area contributed by atoms with Crippen molar-refractivity contribution in [3.05, 3.63) is 48.0 Å². The summed E-state index contributed by atoms with van der Waals surface area (Å²) in [6, 6.07) is 9.08. The Morgan fingerprint density at radius 1 is 1.38 bits per heavy atom. The Morgan fingerprint density at radius 3 is 2.95 bits per heavy atom. The monoisotopic (exact) mass is 286 g/mol. The number of carboxylic acid groups (broad SMARTS) is 1. The molecular weight excluding hydrogens is 268 g/mol. The first kappa shape index (κ1) is 13.7. The van der Waals surface area contributed by atoms with Crippen LogP contribution in [0.5, 0.6) is 0 Å². The molecule has 21 heavy (non-hydrogen) atoms. The van der Waals surface area contributed by atoms with Crippen molar-refractivity contribution in [2.24, 2.45) is 5.92 Å². The Morgan fingerprint density at radius 2 is 2.24 bits per heavy atom. The van der Waals surface area contributed by atoms with Crippen molar-refractivity contribution in [3.8, 4) is 0 Å². The molecule has 2 unspecified atom stereocenters. The lowest BCUT2D eigenvalue weighted by molar-refractivity contribution is 0.0690. The summed E-state index contributed by atoms with van der Waals surface area (Å²) in [5.41, 5.74) is 0.0734. The van der Waals surface area contributed by atoms with Crippen molar-refractivity contribution in [3.63, 3.8) is 0 Å². The molecule has 3 rings (SSSR count). The van der Waals surface area contributed by atoms with Gasteiger partial charge in [0.15, 0.2) is 5.69 Å². The molecule has 1 aliphatic heterocycles. The molecule has 0 aliphatic carbocycles. The number of hydrogen-bond donors (Lipinski definition) is 1. The van der Waals surface area contributed by atoms with E-state index in [1.54, 1.807) is 12.3 Å². The van der Waals surface area contributed by atoms with Crippen LogP contribution in [0.4, 0.5) is 5.82 Å². The van der Waals surface area contributed by atoms with E-state index in [9.17, 15) is 4.79 Å². The second-order valence-corrected chi connectivity index (χ2v) is 5.54. The topological polar surface area (TPSA) is 66.6 Å². The van der Waals surface area contributed by atoms with Crippen LogP contribution in [0.25, 0.3) is 0 Å². The number of carbonyl (C=O) groups is 1. The zero-order chi connectivity index (χ0) is 14.8. The number of furan rings is 1. The molecule has 0 bridgehead atoms. The highest BCUT2D eigenvalue weighted by atomic mass is 16.4. The number of aromatic carboxylic acids is 1. The maximum atomic E-state index is 11.1. The molecule has 0 spiro atoms. The molecule has 0 saturated carbocycles. The van der Waals surface area contributed by atoms with E-state index in [4.69, 9.17) is 9.52 Å². The first-order valence-electron chi connectivity index (χ1n) is 7.15. The summed E-state index contributed by atoms with van der Waals surface area (Å²) in [7, 11) is 0. The van der Waals surface area contributed by atoms with Gasteiger partial charge in [-0.25, -0.2) is 9.78 Å². The summed E-state index contributed by atoms with van der Waals surface area (Å²) in [5.74, 6) is 1.21. The lowest BCUT2D eigenvalue weighted by atomic mass is 9.91. The second kappa shape index (κ2) is 5.60. The molecular formula is C16H18N2O3. The van der Waals surface area contributed by atoms with Gasteiger partial charge in [-0.1, -0.05) is 13.0 Å². The molecule has 5 nitrogen and oxygen atoms in total. The summed E-state index contributed by atoms with van der Waals surface area (Å²) in [4.78, 5) is 17.5. The van der Waals surface area contributed by atoms with E-state index < -0.39 is 5.97 Å². The molecule has 110 valence electrons. The SMILES string of the molecule is CC1CCN(c2cccc(C(=O)O)n2)C(c2ccco2)C1. The van der Waals surface area contributed by atoms with Crippen LogP contribution in [-0.4, -0.2) is 22.6 Å². The highest BCUT2D eigenvalue weighted by Crippen LogP contribution is 2.36. The normalized spacial score (nSPS) is 22.2. The fourth-order valence-corrected chi connectivity index (χ4v) is 2.87. The van der Waals surface area contributed by atoms with Gasteiger partial charge in [0, 0.05) is 6.54 Å². The minimum absolute atomic E-state index is 0.0734. The van der Waals surface area contributed by atoms with E-state index in [1.165, 1.54) is 6.07 Å². The number of anilines is 1. The highest BCUT2D eigenvalue weighted by Gasteiger charge is 2.30. The Labute approximate surface area is 123 Å². The summed E-state index contributed by atoms with van der Waals surface area (Å²) >= 11 is 0. The van der Waals surface area contributed by atoms with Crippen LogP contribution >= 0.6 is 0 Å². The maximum absolute atomic E-state index is 11.1. The number of aromatic nitrogens is 1. The Kier molecular flexibility index (Phi) is 3.64. The van der Waals surface area contributed by atoms with Crippen LogP contribution in [-0.2, 0) is 0 Å². The van der Waals surface area contributed by atoms with Crippen molar-refractivity contribution >= 4 is 11.8 Å². The zero-order valence-corrected chi connectivity index (χ0v) is 11.9. The number of nitrogens with zero attached hydrogens (tertiary/aromatic N) is 2. The Balaban J connectivity index is 1.94. The third kappa shape index (κ3) is 2.77. The molecule has 1 aliphatic rings.